The molecular formula is C26H27ClF3N3O2. The summed E-state index contributed by atoms with van der Waals surface area (Å²) in [4.78, 5) is 14.8. The summed E-state index contributed by atoms with van der Waals surface area (Å²) in [6, 6.07) is 14.5. The van der Waals surface area contributed by atoms with Crippen molar-refractivity contribution in [1.82, 2.24) is 15.4 Å². The average Bonchev–Trinajstić information content (AvgIpc) is 3.28. The Bertz CT molecular complexity index is 1140. The van der Waals surface area contributed by atoms with Crippen molar-refractivity contribution in [1.29, 1.82) is 0 Å². The fraction of sp³-hybridized carbons (Fsp3) is 0.385. The van der Waals surface area contributed by atoms with E-state index >= 15 is 0 Å². The van der Waals surface area contributed by atoms with Crippen LogP contribution in [0, 0.1) is 5.92 Å². The maximum absolute atomic E-state index is 13.0. The fourth-order valence-corrected chi connectivity index (χ4v) is 4.74. The maximum atomic E-state index is 13.0. The van der Waals surface area contributed by atoms with Crippen molar-refractivity contribution in [2.75, 3.05) is 13.6 Å². The van der Waals surface area contributed by atoms with Crippen LogP contribution in [0.25, 0.3) is 11.3 Å². The van der Waals surface area contributed by atoms with Crippen molar-refractivity contribution in [2.45, 2.75) is 44.4 Å². The topological polar surface area (TPSA) is 58.4 Å². The lowest BCUT2D eigenvalue weighted by Crippen LogP contribution is -2.39. The van der Waals surface area contributed by atoms with Crippen LogP contribution >= 0.6 is 11.6 Å². The molecule has 1 heterocycles. The summed E-state index contributed by atoms with van der Waals surface area (Å²) in [6.45, 7) is 1.52. The number of alkyl halides is 3. The molecule has 0 radical (unpaired) electrons. The van der Waals surface area contributed by atoms with Gasteiger partial charge in [0.2, 0.25) is 0 Å². The third-order valence-electron chi connectivity index (χ3n) is 6.34. The number of amides is 1. The first-order chi connectivity index (χ1) is 16.7. The van der Waals surface area contributed by atoms with Crippen molar-refractivity contribution in [3.63, 3.8) is 0 Å². The van der Waals surface area contributed by atoms with Crippen LogP contribution in [0.1, 0.15) is 47.4 Å². The Labute approximate surface area is 207 Å². The first kappa shape index (κ1) is 25.3. The molecule has 0 atom stereocenters. The van der Waals surface area contributed by atoms with Crippen molar-refractivity contribution in [3.05, 3.63) is 76.5 Å². The zero-order valence-corrected chi connectivity index (χ0v) is 20.1. The second-order valence-electron chi connectivity index (χ2n) is 9.12. The Morgan fingerprint density at radius 2 is 1.83 bits per heavy atom. The van der Waals surface area contributed by atoms with Gasteiger partial charge in [0.25, 0.3) is 5.91 Å². The van der Waals surface area contributed by atoms with E-state index in [1.54, 1.807) is 0 Å². The summed E-state index contributed by atoms with van der Waals surface area (Å²) < 4.78 is 44.5. The van der Waals surface area contributed by atoms with Gasteiger partial charge in [-0.15, -0.1) is 0 Å². The number of carbonyl (C=O) groups excluding carboxylic acids is 1. The smallest absolute Gasteiger partial charge is 0.359 e. The maximum Gasteiger partial charge on any atom is 0.416 e. The molecule has 2 aromatic carbocycles. The largest absolute Gasteiger partial charge is 0.416 e. The van der Waals surface area contributed by atoms with Gasteiger partial charge < -0.3 is 9.84 Å². The van der Waals surface area contributed by atoms with Crippen molar-refractivity contribution in [2.24, 2.45) is 5.92 Å². The molecule has 0 aliphatic heterocycles. The Morgan fingerprint density at radius 1 is 1.11 bits per heavy atom. The summed E-state index contributed by atoms with van der Waals surface area (Å²) in [5.74, 6) is 0.688. The molecule has 0 unspecified atom stereocenters. The molecule has 0 saturated heterocycles. The minimum absolute atomic E-state index is 0.00801. The first-order valence-corrected chi connectivity index (χ1v) is 11.9. The van der Waals surface area contributed by atoms with Gasteiger partial charge in [0, 0.05) is 24.2 Å². The number of benzene rings is 2. The molecule has 35 heavy (non-hydrogen) atoms. The van der Waals surface area contributed by atoms with E-state index in [2.05, 4.69) is 15.4 Å². The lowest BCUT2D eigenvalue weighted by molar-refractivity contribution is -0.137. The number of halogens is 4. The van der Waals surface area contributed by atoms with Crippen LogP contribution < -0.4 is 5.32 Å². The van der Waals surface area contributed by atoms with E-state index in [1.165, 1.54) is 0 Å². The van der Waals surface area contributed by atoms with Crippen molar-refractivity contribution >= 4 is 17.5 Å². The summed E-state index contributed by atoms with van der Waals surface area (Å²) in [5, 5.41) is 7.03. The highest BCUT2D eigenvalue weighted by molar-refractivity contribution is 6.33. The summed E-state index contributed by atoms with van der Waals surface area (Å²) in [6.07, 6.45) is -1.17. The molecule has 4 rings (SSSR count). The van der Waals surface area contributed by atoms with Gasteiger partial charge in [0.05, 0.1) is 22.7 Å². The SMILES string of the molecule is CN(Cc1cc(-c2ccccc2)no1)CC1CCC(NC(=O)c2cc(C(F)(F)F)ccc2Cl)CC1. The fourth-order valence-electron chi connectivity index (χ4n) is 4.53. The van der Waals surface area contributed by atoms with Gasteiger partial charge in [0.1, 0.15) is 5.69 Å². The van der Waals surface area contributed by atoms with E-state index in [4.69, 9.17) is 16.1 Å². The number of hydrogen-bond acceptors (Lipinski definition) is 4. The standard InChI is InChI=1S/C26H27ClF3N3O2/c1-33(16-21-14-24(32-35-21)18-5-3-2-4-6-18)15-17-7-10-20(11-8-17)31-25(34)22-13-19(26(28,29)30)9-12-23(22)27/h2-6,9,12-14,17,20H,7-8,10-11,15-16H2,1H3,(H,31,34). The third-order valence-corrected chi connectivity index (χ3v) is 6.67. The summed E-state index contributed by atoms with van der Waals surface area (Å²) >= 11 is 6.00. The summed E-state index contributed by atoms with van der Waals surface area (Å²) in [7, 11) is 2.04. The number of nitrogens with zero attached hydrogens (tertiary/aromatic N) is 2. The Hall–Kier alpha value is -2.84. The molecule has 1 amide bonds. The average molecular weight is 506 g/mol. The molecule has 9 heteroatoms. The van der Waals surface area contributed by atoms with E-state index in [0.717, 1.165) is 67.4 Å². The Balaban J connectivity index is 1.25. The zero-order chi connectivity index (χ0) is 25.0. The van der Waals surface area contributed by atoms with Crippen molar-refractivity contribution in [3.8, 4) is 11.3 Å². The van der Waals surface area contributed by atoms with Crippen LogP contribution in [0.3, 0.4) is 0 Å². The highest BCUT2D eigenvalue weighted by atomic mass is 35.5. The van der Waals surface area contributed by atoms with Crippen LogP contribution in [0.2, 0.25) is 5.02 Å². The lowest BCUT2D eigenvalue weighted by atomic mass is 9.85. The van der Waals surface area contributed by atoms with E-state index < -0.39 is 17.6 Å². The number of rotatable bonds is 7. The number of nitrogens with one attached hydrogen (secondary N) is 1. The highest BCUT2D eigenvalue weighted by Crippen LogP contribution is 2.32. The number of aromatic nitrogens is 1. The quantitative estimate of drug-likeness (QED) is 0.402. The minimum atomic E-state index is -4.53. The molecule has 1 aliphatic carbocycles. The minimum Gasteiger partial charge on any atom is -0.359 e. The van der Waals surface area contributed by atoms with Gasteiger partial charge in [0.15, 0.2) is 5.76 Å². The third kappa shape index (κ3) is 6.64. The van der Waals surface area contributed by atoms with E-state index in [0.29, 0.717) is 12.5 Å². The molecule has 3 aromatic rings. The van der Waals surface area contributed by atoms with E-state index in [-0.39, 0.29) is 16.6 Å². The van der Waals surface area contributed by atoms with Crippen LogP contribution in [-0.2, 0) is 12.7 Å². The molecule has 1 fully saturated rings. The molecule has 1 saturated carbocycles. The second-order valence-corrected chi connectivity index (χ2v) is 9.53. The highest BCUT2D eigenvalue weighted by Gasteiger charge is 2.32. The molecule has 186 valence electrons. The predicted octanol–water partition coefficient (Wildman–Crippen LogP) is 6.43. The van der Waals surface area contributed by atoms with Gasteiger partial charge >= 0.3 is 6.18 Å². The molecule has 1 aromatic heterocycles. The monoisotopic (exact) mass is 505 g/mol. The van der Waals surface area contributed by atoms with Gasteiger partial charge in [-0.3, -0.25) is 9.69 Å². The second kappa shape index (κ2) is 10.8. The molecule has 0 spiro atoms. The molecule has 1 N–H and O–H groups in total. The number of hydrogen-bond donors (Lipinski definition) is 1. The Kier molecular flexibility index (Phi) is 7.82. The molecule has 5 nitrogen and oxygen atoms in total. The normalized spacial score (nSPS) is 18.6. The number of carbonyl (C=O) groups is 1. The van der Waals surface area contributed by atoms with Gasteiger partial charge in [-0.05, 0) is 56.8 Å². The van der Waals surface area contributed by atoms with Crippen LogP contribution in [0.15, 0.2) is 59.1 Å². The van der Waals surface area contributed by atoms with Gasteiger partial charge in [-0.25, -0.2) is 0 Å². The van der Waals surface area contributed by atoms with E-state index in [9.17, 15) is 18.0 Å². The Morgan fingerprint density at radius 3 is 2.51 bits per heavy atom. The zero-order valence-electron chi connectivity index (χ0n) is 19.3. The van der Waals surface area contributed by atoms with Gasteiger partial charge in [-0.1, -0.05) is 47.1 Å². The van der Waals surface area contributed by atoms with Crippen LogP contribution in [-0.4, -0.2) is 35.6 Å². The first-order valence-electron chi connectivity index (χ1n) is 11.6. The van der Waals surface area contributed by atoms with Gasteiger partial charge in [-0.2, -0.15) is 13.2 Å². The van der Waals surface area contributed by atoms with E-state index in [1.807, 2.05) is 43.4 Å². The molecule has 0 bridgehead atoms. The van der Waals surface area contributed by atoms with Crippen LogP contribution in [0.4, 0.5) is 13.2 Å². The van der Waals surface area contributed by atoms with Crippen molar-refractivity contribution < 1.29 is 22.5 Å². The lowest BCUT2D eigenvalue weighted by Gasteiger charge is -2.31. The summed E-state index contributed by atoms with van der Waals surface area (Å²) in [5.41, 5.74) is 0.787. The molecule has 1 aliphatic rings. The molecular weight excluding hydrogens is 479 g/mol. The predicted molar refractivity (Wildman–Crippen MR) is 128 cm³/mol. The van der Waals surface area contributed by atoms with Crippen LogP contribution in [0.5, 0.6) is 0 Å².